The van der Waals surface area contributed by atoms with Crippen LogP contribution in [0.5, 0.6) is 0 Å². The van der Waals surface area contributed by atoms with Gasteiger partial charge in [-0.15, -0.1) is 0 Å². The topological polar surface area (TPSA) is 123 Å². The summed E-state index contributed by atoms with van der Waals surface area (Å²) in [6.07, 6.45) is 4.57. The van der Waals surface area contributed by atoms with Gasteiger partial charge in [-0.25, -0.2) is 18.1 Å². The number of nitrogens with one attached hydrogen (secondary N) is 3. The fraction of sp³-hybridized carbons (Fsp3) is 0.476. The Morgan fingerprint density at radius 1 is 1.26 bits per heavy atom. The van der Waals surface area contributed by atoms with Crippen LogP contribution in [0.2, 0.25) is 0 Å². The van der Waals surface area contributed by atoms with E-state index in [1.165, 1.54) is 12.6 Å². The van der Waals surface area contributed by atoms with Gasteiger partial charge in [-0.05, 0) is 63.5 Å². The van der Waals surface area contributed by atoms with Crippen molar-refractivity contribution in [1.82, 2.24) is 19.6 Å². The summed E-state index contributed by atoms with van der Waals surface area (Å²) < 4.78 is 27.9. The number of aromatic nitrogens is 2. The summed E-state index contributed by atoms with van der Waals surface area (Å²) in [7, 11) is -3.56. The third-order valence-electron chi connectivity index (χ3n) is 5.35. The molecule has 166 valence electrons. The Balaban J connectivity index is 1.60. The third-order valence-corrected chi connectivity index (χ3v) is 6.83. The number of anilines is 3. The summed E-state index contributed by atoms with van der Waals surface area (Å²) in [4.78, 5) is 11.0. The van der Waals surface area contributed by atoms with Gasteiger partial charge in [-0.1, -0.05) is 6.92 Å². The van der Waals surface area contributed by atoms with E-state index in [2.05, 4.69) is 37.1 Å². The monoisotopic (exact) mass is 443 g/mol. The van der Waals surface area contributed by atoms with Gasteiger partial charge in [0.2, 0.25) is 16.0 Å². The second kappa shape index (κ2) is 10.5. The lowest BCUT2D eigenvalue weighted by Crippen LogP contribution is -2.33. The fourth-order valence-electron chi connectivity index (χ4n) is 3.75. The molecule has 2 aromatic rings. The minimum absolute atomic E-state index is 0.214. The molecule has 0 saturated carbocycles. The van der Waals surface area contributed by atoms with Crippen LogP contribution in [0.3, 0.4) is 0 Å². The molecule has 1 unspecified atom stereocenters. The van der Waals surface area contributed by atoms with Crippen LogP contribution in [-0.2, 0) is 10.0 Å². The molecule has 1 saturated heterocycles. The number of nitriles is 1. The molecule has 0 spiro atoms. The van der Waals surface area contributed by atoms with Crippen molar-refractivity contribution in [2.45, 2.75) is 44.0 Å². The van der Waals surface area contributed by atoms with Crippen molar-refractivity contribution in [3.8, 4) is 6.07 Å². The molecule has 10 heteroatoms. The number of hydrogen-bond acceptors (Lipinski definition) is 8. The van der Waals surface area contributed by atoms with Gasteiger partial charge in [0.05, 0.1) is 11.1 Å². The average Bonchev–Trinajstić information content (AvgIpc) is 3.22. The van der Waals surface area contributed by atoms with E-state index >= 15 is 0 Å². The lowest BCUT2D eigenvalue weighted by atomic mass is 10.1. The van der Waals surface area contributed by atoms with Gasteiger partial charge >= 0.3 is 0 Å². The average molecular weight is 444 g/mol. The number of likely N-dealkylation sites (tertiary alicyclic amines) is 1. The van der Waals surface area contributed by atoms with Crippen molar-refractivity contribution in [3.63, 3.8) is 0 Å². The molecule has 1 aromatic heterocycles. The number of rotatable bonds is 10. The molecule has 1 fully saturated rings. The number of hydrogen-bond donors (Lipinski definition) is 3. The van der Waals surface area contributed by atoms with E-state index in [0.29, 0.717) is 42.1 Å². The lowest BCUT2D eigenvalue weighted by molar-refractivity contribution is 0.256. The normalized spacial score (nSPS) is 16.7. The maximum Gasteiger partial charge on any atom is 0.240 e. The van der Waals surface area contributed by atoms with E-state index in [1.54, 1.807) is 24.3 Å². The number of nitrogens with zero attached hydrogens (tertiary/aromatic N) is 4. The van der Waals surface area contributed by atoms with Crippen LogP contribution in [0.25, 0.3) is 0 Å². The van der Waals surface area contributed by atoms with E-state index in [9.17, 15) is 8.42 Å². The molecule has 0 bridgehead atoms. The SMILES string of the molecule is CCNc1nc(Nc2ccc(S(=O)(=O)NCCC3CCCN3CC)cc2)ncc1C#N. The molecule has 1 aliphatic rings. The van der Waals surface area contributed by atoms with Crippen molar-refractivity contribution in [2.75, 3.05) is 36.8 Å². The van der Waals surface area contributed by atoms with Crippen LogP contribution in [0.15, 0.2) is 35.4 Å². The molecule has 3 N–H and O–H groups in total. The van der Waals surface area contributed by atoms with Crippen LogP contribution in [-0.4, -0.2) is 55.5 Å². The van der Waals surface area contributed by atoms with Gasteiger partial charge in [-0.2, -0.15) is 10.2 Å². The smallest absolute Gasteiger partial charge is 0.240 e. The van der Waals surface area contributed by atoms with Crippen molar-refractivity contribution < 1.29 is 8.42 Å². The molecule has 1 atom stereocenters. The number of benzene rings is 1. The van der Waals surface area contributed by atoms with Gasteiger partial charge in [0.25, 0.3) is 0 Å². The number of sulfonamides is 1. The molecule has 0 radical (unpaired) electrons. The van der Waals surface area contributed by atoms with Crippen molar-refractivity contribution in [3.05, 3.63) is 36.0 Å². The molecule has 9 nitrogen and oxygen atoms in total. The molecule has 1 aliphatic heterocycles. The standard InChI is InChI=1S/C21H29N7O2S/c1-3-23-20-16(14-22)15-24-21(27-20)26-17-7-9-19(10-8-17)31(29,30)25-12-11-18-6-5-13-28(18)4-2/h7-10,15,18,25H,3-6,11-13H2,1-2H3,(H2,23,24,26,27). The zero-order valence-corrected chi connectivity index (χ0v) is 18.7. The summed E-state index contributed by atoms with van der Waals surface area (Å²) in [5.74, 6) is 0.774. The predicted octanol–water partition coefficient (Wildman–Crippen LogP) is 2.68. The van der Waals surface area contributed by atoms with Crippen LogP contribution >= 0.6 is 0 Å². The van der Waals surface area contributed by atoms with Crippen molar-refractivity contribution >= 4 is 27.5 Å². The Labute approximate surface area is 183 Å². The van der Waals surface area contributed by atoms with E-state index in [-0.39, 0.29) is 4.90 Å². The predicted molar refractivity (Wildman–Crippen MR) is 121 cm³/mol. The van der Waals surface area contributed by atoms with Gasteiger partial charge < -0.3 is 15.5 Å². The lowest BCUT2D eigenvalue weighted by Gasteiger charge is -2.22. The van der Waals surface area contributed by atoms with Gasteiger partial charge in [0.1, 0.15) is 17.5 Å². The summed E-state index contributed by atoms with van der Waals surface area (Å²) >= 11 is 0. The summed E-state index contributed by atoms with van der Waals surface area (Å²) in [5.41, 5.74) is 1.01. The van der Waals surface area contributed by atoms with Crippen molar-refractivity contribution in [2.24, 2.45) is 0 Å². The molecule has 1 aromatic carbocycles. The Morgan fingerprint density at radius 3 is 2.71 bits per heavy atom. The second-order valence-corrected chi connectivity index (χ2v) is 9.13. The van der Waals surface area contributed by atoms with Gasteiger partial charge in [0, 0.05) is 24.8 Å². The fourth-order valence-corrected chi connectivity index (χ4v) is 4.80. The summed E-state index contributed by atoms with van der Waals surface area (Å²) in [6, 6.07) is 8.93. The highest BCUT2D eigenvalue weighted by Crippen LogP contribution is 2.21. The van der Waals surface area contributed by atoms with Crippen LogP contribution in [0.1, 0.15) is 38.7 Å². The Bertz CT molecular complexity index is 1020. The molecule has 2 heterocycles. The van der Waals surface area contributed by atoms with E-state index in [0.717, 1.165) is 25.9 Å². The Hall–Kier alpha value is -2.74. The highest BCUT2D eigenvalue weighted by atomic mass is 32.2. The van der Waals surface area contributed by atoms with Crippen LogP contribution in [0, 0.1) is 11.3 Å². The zero-order valence-electron chi connectivity index (χ0n) is 17.9. The highest BCUT2D eigenvalue weighted by Gasteiger charge is 2.23. The van der Waals surface area contributed by atoms with Gasteiger partial charge in [0.15, 0.2) is 0 Å². The third kappa shape index (κ3) is 5.91. The Kier molecular flexibility index (Phi) is 7.79. The first-order chi connectivity index (χ1) is 15.0. The van der Waals surface area contributed by atoms with Gasteiger partial charge in [-0.3, -0.25) is 0 Å². The van der Waals surface area contributed by atoms with Crippen LogP contribution in [0.4, 0.5) is 17.5 Å². The summed E-state index contributed by atoms with van der Waals surface area (Å²) in [5, 5.41) is 15.2. The second-order valence-electron chi connectivity index (χ2n) is 7.36. The van der Waals surface area contributed by atoms with E-state index in [4.69, 9.17) is 5.26 Å². The first-order valence-electron chi connectivity index (χ1n) is 10.6. The van der Waals surface area contributed by atoms with Crippen LogP contribution < -0.4 is 15.4 Å². The Morgan fingerprint density at radius 2 is 2.03 bits per heavy atom. The molecular weight excluding hydrogens is 414 g/mol. The maximum atomic E-state index is 12.6. The molecule has 0 aliphatic carbocycles. The maximum absolute atomic E-state index is 12.6. The first kappa shape index (κ1) is 22.9. The molecule has 0 amide bonds. The molecule has 3 rings (SSSR count). The van der Waals surface area contributed by atoms with E-state index in [1.807, 2.05) is 13.0 Å². The zero-order chi connectivity index (χ0) is 22.3. The van der Waals surface area contributed by atoms with Crippen molar-refractivity contribution in [1.29, 1.82) is 5.26 Å². The quantitative estimate of drug-likeness (QED) is 0.512. The largest absolute Gasteiger partial charge is 0.369 e. The molecular formula is C21H29N7O2S. The van der Waals surface area contributed by atoms with E-state index < -0.39 is 10.0 Å². The minimum Gasteiger partial charge on any atom is -0.369 e. The molecule has 31 heavy (non-hydrogen) atoms. The highest BCUT2D eigenvalue weighted by molar-refractivity contribution is 7.89. The minimum atomic E-state index is -3.56. The first-order valence-corrected chi connectivity index (χ1v) is 12.1. The summed E-state index contributed by atoms with van der Waals surface area (Å²) in [6.45, 7) is 7.21.